The van der Waals surface area contributed by atoms with E-state index in [0.717, 1.165) is 37.8 Å². The lowest BCUT2D eigenvalue weighted by molar-refractivity contribution is 0.279. The minimum absolute atomic E-state index is 0.0334. The molecule has 0 atom stereocenters. The second-order valence-corrected chi connectivity index (χ2v) is 10.5. The highest BCUT2D eigenvalue weighted by Crippen LogP contribution is 2.41. The van der Waals surface area contributed by atoms with E-state index in [9.17, 15) is 5.11 Å². The van der Waals surface area contributed by atoms with Crippen LogP contribution in [-0.2, 0) is 13.2 Å². The molecule has 6 heteroatoms. The van der Waals surface area contributed by atoms with E-state index in [1.54, 1.807) is 23.1 Å². The van der Waals surface area contributed by atoms with Crippen LogP contribution in [0, 0.1) is 6.92 Å². The topological polar surface area (TPSA) is 25.2 Å². The van der Waals surface area contributed by atoms with E-state index in [4.69, 9.17) is 23.2 Å². The van der Waals surface area contributed by atoms with Crippen LogP contribution in [0.15, 0.2) is 57.8 Å². The summed E-state index contributed by atoms with van der Waals surface area (Å²) in [5, 5.41) is 16.2. The molecule has 2 aromatic heterocycles. The second-order valence-electron chi connectivity index (χ2n) is 7.64. The molecule has 0 spiro atoms. The monoisotopic (exact) mass is 475 g/mol. The standard InChI is InChI=1S/C24H23Cl2NOS2/c1-14(2)23-21(12-28)15(3)27(24(23)30-19-6-4-5-17(25)9-19)11-16-13-29-22-8-7-18(26)10-20(16)22/h4-10,13-14,28H,11-12H2,1-3H3. The fourth-order valence-corrected chi connectivity index (χ4v) is 6.57. The van der Waals surface area contributed by atoms with Gasteiger partial charge in [-0.05, 0) is 71.1 Å². The third-order valence-electron chi connectivity index (χ3n) is 5.33. The lowest BCUT2D eigenvalue weighted by Gasteiger charge is -2.14. The fraction of sp³-hybridized carbons (Fsp3) is 0.250. The van der Waals surface area contributed by atoms with E-state index in [0.29, 0.717) is 5.92 Å². The van der Waals surface area contributed by atoms with Crippen LogP contribution in [0.1, 0.15) is 42.1 Å². The molecule has 2 nitrogen and oxygen atoms in total. The van der Waals surface area contributed by atoms with E-state index in [2.05, 4.69) is 42.9 Å². The van der Waals surface area contributed by atoms with Crippen LogP contribution in [0.25, 0.3) is 10.1 Å². The summed E-state index contributed by atoms with van der Waals surface area (Å²) in [5.74, 6) is 0.294. The first kappa shape index (κ1) is 21.8. The van der Waals surface area contributed by atoms with Crippen molar-refractivity contribution in [2.45, 2.75) is 49.8 Å². The molecule has 0 bridgehead atoms. The van der Waals surface area contributed by atoms with Crippen molar-refractivity contribution < 1.29 is 5.11 Å². The van der Waals surface area contributed by atoms with Gasteiger partial charge in [0.15, 0.2) is 0 Å². The molecule has 0 radical (unpaired) electrons. The molecular formula is C24H23Cl2NOS2. The van der Waals surface area contributed by atoms with Crippen molar-refractivity contribution in [3.8, 4) is 0 Å². The predicted molar refractivity (Wildman–Crippen MR) is 131 cm³/mol. The Morgan fingerprint density at radius 1 is 1.10 bits per heavy atom. The van der Waals surface area contributed by atoms with Gasteiger partial charge < -0.3 is 9.67 Å². The molecule has 0 amide bonds. The molecule has 0 saturated carbocycles. The Kier molecular flexibility index (Phi) is 6.52. The van der Waals surface area contributed by atoms with Gasteiger partial charge in [0.25, 0.3) is 0 Å². The highest BCUT2D eigenvalue weighted by Gasteiger charge is 2.23. The van der Waals surface area contributed by atoms with Crippen LogP contribution in [0.3, 0.4) is 0 Å². The van der Waals surface area contributed by atoms with Crippen LogP contribution in [0.5, 0.6) is 0 Å². The molecule has 4 aromatic rings. The molecule has 1 N–H and O–H groups in total. The fourth-order valence-electron chi connectivity index (χ4n) is 3.87. The van der Waals surface area contributed by atoms with Gasteiger partial charge in [-0.2, -0.15) is 0 Å². The first-order valence-electron chi connectivity index (χ1n) is 9.80. The zero-order valence-electron chi connectivity index (χ0n) is 17.1. The maximum atomic E-state index is 10.2. The van der Waals surface area contributed by atoms with Gasteiger partial charge in [0.2, 0.25) is 0 Å². The van der Waals surface area contributed by atoms with Gasteiger partial charge in [-0.25, -0.2) is 0 Å². The van der Waals surface area contributed by atoms with Gasteiger partial charge in [0, 0.05) is 37.4 Å². The summed E-state index contributed by atoms with van der Waals surface area (Å²) in [5.41, 5.74) is 4.57. The normalized spacial score (nSPS) is 11.7. The number of nitrogens with zero attached hydrogens (tertiary/aromatic N) is 1. The molecule has 0 aliphatic heterocycles. The van der Waals surface area contributed by atoms with Gasteiger partial charge in [0.1, 0.15) is 0 Å². The number of thiophene rings is 1. The second kappa shape index (κ2) is 8.97. The summed E-state index contributed by atoms with van der Waals surface area (Å²) < 4.78 is 3.56. The number of halogens is 2. The zero-order chi connectivity index (χ0) is 21.4. The summed E-state index contributed by atoms with van der Waals surface area (Å²) in [4.78, 5) is 1.09. The molecule has 4 rings (SSSR count). The molecule has 156 valence electrons. The third-order valence-corrected chi connectivity index (χ3v) is 7.94. The van der Waals surface area contributed by atoms with Crippen molar-refractivity contribution in [1.82, 2.24) is 4.57 Å². The number of hydrogen-bond acceptors (Lipinski definition) is 3. The summed E-state index contributed by atoms with van der Waals surface area (Å²) in [6, 6.07) is 14.0. The predicted octanol–water partition coefficient (Wildman–Crippen LogP) is 8.13. The van der Waals surface area contributed by atoms with E-state index in [1.165, 1.54) is 21.2 Å². The van der Waals surface area contributed by atoms with Gasteiger partial charge in [-0.1, -0.05) is 54.9 Å². The highest BCUT2D eigenvalue weighted by molar-refractivity contribution is 7.99. The quantitative estimate of drug-likeness (QED) is 0.304. The SMILES string of the molecule is Cc1c(CO)c(C(C)C)c(Sc2cccc(Cl)c2)n1Cc1csc2ccc(Cl)cc12. The maximum Gasteiger partial charge on any atom is 0.0840 e. The number of hydrogen-bond donors (Lipinski definition) is 1. The van der Waals surface area contributed by atoms with Crippen LogP contribution in [0.4, 0.5) is 0 Å². The average Bonchev–Trinajstić information content (AvgIpc) is 3.21. The Bertz CT molecular complexity index is 1210. The van der Waals surface area contributed by atoms with E-state index in [-0.39, 0.29) is 6.61 Å². The van der Waals surface area contributed by atoms with Crippen molar-refractivity contribution >= 4 is 56.4 Å². The lowest BCUT2D eigenvalue weighted by atomic mass is 10.0. The Balaban J connectivity index is 1.86. The number of aromatic nitrogens is 1. The van der Waals surface area contributed by atoms with Crippen LogP contribution in [0.2, 0.25) is 10.0 Å². The van der Waals surface area contributed by atoms with E-state index < -0.39 is 0 Å². The average molecular weight is 476 g/mol. The molecule has 30 heavy (non-hydrogen) atoms. The molecule has 0 unspecified atom stereocenters. The van der Waals surface area contributed by atoms with Crippen LogP contribution in [-0.4, -0.2) is 9.67 Å². The number of rotatable bonds is 6. The van der Waals surface area contributed by atoms with Gasteiger partial charge >= 0.3 is 0 Å². The number of aliphatic hydroxyl groups is 1. The minimum Gasteiger partial charge on any atom is -0.392 e. The van der Waals surface area contributed by atoms with Crippen molar-refractivity contribution in [2.75, 3.05) is 0 Å². The van der Waals surface area contributed by atoms with Crippen LogP contribution >= 0.6 is 46.3 Å². The van der Waals surface area contributed by atoms with Crippen LogP contribution < -0.4 is 0 Å². The summed E-state index contributed by atoms with van der Waals surface area (Å²) in [6.45, 7) is 7.22. The highest BCUT2D eigenvalue weighted by atomic mass is 35.5. The Morgan fingerprint density at radius 2 is 1.87 bits per heavy atom. The van der Waals surface area contributed by atoms with Gasteiger partial charge in [0.05, 0.1) is 11.6 Å². The van der Waals surface area contributed by atoms with Crippen molar-refractivity contribution in [3.05, 3.63) is 80.3 Å². The van der Waals surface area contributed by atoms with E-state index >= 15 is 0 Å². The molecular weight excluding hydrogens is 453 g/mol. The molecule has 0 aliphatic rings. The first-order chi connectivity index (χ1) is 14.4. The van der Waals surface area contributed by atoms with Gasteiger partial charge in [-0.15, -0.1) is 11.3 Å². The number of benzene rings is 2. The summed E-state index contributed by atoms with van der Waals surface area (Å²) in [7, 11) is 0. The largest absolute Gasteiger partial charge is 0.392 e. The Hall–Kier alpha value is -1.43. The van der Waals surface area contributed by atoms with E-state index in [1.807, 2.05) is 30.3 Å². The third kappa shape index (κ3) is 4.17. The Morgan fingerprint density at radius 3 is 2.57 bits per heavy atom. The summed E-state index contributed by atoms with van der Waals surface area (Å²) in [6.07, 6.45) is 0. The lowest BCUT2D eigenvalue weighted by Crippen LogP contribution is -2.04. The Labute approximate surface area is 195 Å². The zero-order valence-corrected chi connectivity index (χ0v) is 20.2. The number of aliphatic hydroxyl groups excluding tert-OH is 1. The molecule has 2 heterocycles. The number of fused-ring (bicyclic) bond motifs is 1. The molecule has 0 aliphatic carbocycles. The maximum absolute atomic E-state index is 10.2. The molecule has 0 saturated heterocycles. The van der Waals surface area contributed by atoms with Crippen molar-refractivity contribution in [1.29, 1.82) is 0 Å². The van der Waals surface area contributed by atoms with Crippen molar-refractivity contribution in [2.24, 2.45) is 0 Å². The smallest absolute Gasteiger partial charge is 0.0840 e. The first-order valence-corrected chi connectivity index (χ1v) is 12.3. The minimum atomic E-state index is 0.0334. The van der Waals surface area contributed by atoms with Crippen molar-refractivity contribution in [3.63, 3.8) is 0 Å². The molecule has 0 fully saturated rings. The van der Waals surface area contributed by atoms with Gasteiger partial charge in [-0.3, -0.25) is 0 Å². The summed E-state index contributed by atoms with van der Waals surface area (Å²) >= 11 is 16.0. The molecule has 2 aromatic carbocycles.